The third-order valence-electron chi connectivity index (χ3n) is 4.84. The van der Waals surface area contributed by atoms with Crippen molar-refractivity contribution in [3.05, 3.63) is 29.8 Å². The van der Waals surface area contributed by atoms with Crippen molar-refractivity contribution >= 4 is 23.8 Å². The highest BCUT2D eigenvalue weighted by Crippen LogP contribution is 2.33. The number of rotatable bonds is 2. The molecule has 0 spiro atoms. The summed E-state index contributed by atoms with van der Waals surface area (Å²) in [5, 5.41) is 9.67. The van der Waals surface area contributed by atoms with Gasteiger partial charge in [0.15, 0.2) is 0 Å². The van der Waals surface area contributed by atoms with Crippen molar-refractivity contribution < 1.29 is 29.0 Å². The molecule has 0 aromatic heterocycles. The molecule has 28 heavy (non-hydrogen) atoms. The molecule has 8 nitrogen and oxygen atoms in total. The van der Waals surface area contributed by atoms with Crippen LogP contribution in [-0.4, -0.2) is 56.9 Å². The Hall–Kier alpha value is -2.90. The summed E-state index contributed by atoms with van der Waals surface area (Å²) in [4.78, 5) is 51.9. The van der Waals surface area contributed by atoms with E-state index in [0.717, 1.165) is 5.56 Å². The minimum atomic E-state index is -1.01. The van der Waals surface area contributed by atoms with Crippen molar-refractivity contribution in [3.8, 4) is 5.75 Å². The van der Waals surface area contributed by atoms with E-state index >= 15 is 0 Å². The fourth-order valence-corrected chi connectivity index (χ4v) is 3.59. The van der Waals surface area contributed by atoms with E-state index in [4.69, 9.17) is 4.74 Å². The first-order valence-corrected chi connectivity index (χ1v) is 9.25. The van der Waals surface area contributed by atoms with Crippen molar-refractivity contribution in [2.45, 2.75) is 57.6 Å². The summed E-state index contributed by atoms with van der Waals surface area (Å²) < 4.78 is 5.17. The van der Waals surface area contributed by atoms with Crippen molar-refractivity contribution in [2.24, 2.45) is 0 Å². The fourth-order valence-electron chi connectivity index (χ4n) is 3.59. The van der Waals surface area contributed by atoms with Gasteiger partial charge in [0.1, 0.15) is 17.4 Å². The lowest BCUT2D eigenvalue weighted by Gasteiger charge is -2.35. The Labute approximate surface area is 163 Å². The van der Waals surface area contributed by atoms with Crippen LogP contribution in [0.3, 0.4) is 0 Å². The zero-order valence-electron chi connectivity index (χ0n) is 16.2. The summed E-state index contributed by atoms with van der Waals surface area (Å²) in [6.45, 7) is 5.22. The van der Waals surface area contributed by atoms with Crippen molar-refractivity contribution in [1.82, 2.24) is 9.80 Å². The van der Waals surface area contributed by atoms with E-state index in [-0.39, 0.29) is 43.4 Å². The smallest absolute Gasteiger partial charge is 0.424 e. The largest absolute Gasteiger partial charge is 0.508 e. The van der Waals surface area contributed by atoms with Crippen LogP contribution in [0.15, 0.2) is 24.3 Å². The number of piperidine rings is 1. The molecule has 2 aliphatic rings. The highest BCUT2D eigenvalue weighted by molar-refractivity contribution is 6.12. The minimum Gasteiger partial charge on any atom is -0.508 e. The highest BCUT2D eigenvalue weighted by Gasteiger charge is 2.46. The number of amides is 4. The second kappa shape index (κ2) is 7.26. The van der Waals surface area contributed by atoms with Crippen LogP contribution in [-0.2, 0) is 19.1 Å². The molecule has 2 heterocycles. The number of aromatic hydroxyl groups is 1. The number of carbonyl (C=O) groups excluding carboxylic acids is 4. The lowest BCUT2D eigenvalue weighted by atomic mass is 9.98. The molecule has 0 aliphatic carbocycles. The maximum atomic E-state index is 12.9. The van der Waals surface area contributed by atoms with Gasteiger partial charge in [0.2, 0.25) is 11.8 Å². The maximum absolute atomic E-state index is 12.9. The summed E-state index contributed by atoms with van der Waals surface area (Å²) in [7, 11) is 0. The van der Waals surface area contributed by atoms with Crippen LogP contribution in [0.1, 0.15) is 51.5 Å². The van der Waals surface area contributed by atoms with Crippen molar-refractivity contribution in [2.75, 3.05) is 6.54 Å². The van der Waals surface area contributed by atoms with E-state index in [0.29, 0.717) is 4.90 Å². The normalized spacial score (nSPS) is 23.3. The van der Waals surface area contributed by atoms with Crippen LogP contribution in [0.2, 0.25) is 0 Å². The first-order chi connectivity index (χ1) is 13.1. The van der Waals surface area contributed by atoms with Gasteiger partial charge in [-0.25, -0.2) is 4.79 Å². The zero-order chi connectivity index (χ0) is 20.6. The molecule has 1 aromatic rings. The van der Waals surface area contributed by atoms with Gasteiger partial charge < -0.3 is 14.7 Å². The minimum absolute atomic E-state index is 0.0176. The quantitative estimate of drug-likeness (QED) is 0.779. The van der Waals surface area contributed by atoms with E-state index in [2.05, 4.69) is 0 Å². The molecule has 2 unspecified atom stereocenters. The van der Waals surface area contributed by atoms with Gasteiger partial charge in [-0.3, -0.25) is 14.4 Å². The topological polar surface area (TPSA) is 104 Å². The Morgan fingerprint density at radius 2 is 1.89 bits per heavy atom. The monoisotopic (exact) mass is 388 g/mol. The van der Waals surface area contributed by atoms with Crippen LogP contribution in [0.5, 0.6) is 5.75 Å². The van der Waals surface area contributed by atoms with Crippen LogP contribution >= 0.6 is 0 Å². The predicted octanol–water partition coefficient (Wildman–Crippen LogP) is 2.16. The van der Waals surface area contributed by atoms with Gasteiger partial charge in [-0.05, 0) is 44.9 Å². The first kappa shape index (κ1) is 19.9. The second-order valence-corrected chi connectivity index (χ2v) is 8.14. The molecular weight excluding hydrogens is 364 g/mol. The van der Waals surface area contributed by atoms with Gasteiger partial charge in [0, 0.05) is 25.3 Å². The SMILES string of the molecule is CC(C)(C)OC(=O)N1C(=O)CCC(N2CC(c3cccc(O)c3)CC2=O)C1=O. The molecule has 8 heteroatoms. The van der Waals surface area contributed by atoms with Crippen LogP contribution < -0.4 is 0 Å². The van der Waals surface area contributed by atoms with Gasteiger partial charge in [0.05, 0.1) is 0 Å². The van der Waals surface area contributed by atoms with Gasteiger partial charge in [-0.15, -0.1) is 0 Å². The Morgan fingerprint density at radius 1 is 1.18 bits per heavy atom. The molecule has 2 fully saturated rings. The van der Waals surface area contributed by atoms with E-state index in [1.165, 1.54) is 4.90 Å². The number of hydrogen-bond acceptors (Lipinski definition) is 6. The summed E-state index contributed by atoms with van der Waals surface area (Å²) in [6.07, 6.45) is -0.650. The molecule has 0 saturated carbocycles. The number of ether oxygens (including phenoxy) is 1. The molecule has 1 aromatic carbocycles. The molecule has 4 amide bonds. The molecule has 2 atom stereocenters. The maximum Gasteiger partial charge on any atom is 0.424 e. The van der Waals surface area contributed by atoms with Gasteiger partial charge >= 0.3 is 6.09 Å². The summed E-state index contributed by atoms with van der Waals surface area (Å²) in [5.41, 5.74) is -0.0479. The van der Waals surface area contributed by atoms with E-state index in [1.54, 1.807) is 39.0 Å². The summed E-state index contributed by atoms with van der Waals surface area (Å²) in [5.74, 6) is -1.62. The molecule has 2 saturated heterocycles. The zero-order valence-corrected chi connectivity index (χ0v) is 16.2. The average molecular weight is 388 g/mol. The molecule has 0 radical (unpaired) electrons. The lowest BCUT2D eigenvalue weighted by molar-refractivity contribution is -0.154. The Balaban J connectivity index is 1.77. The van der Waals surface area contributed by atoms with Gasteiger partial charge in [-0.1, -0.05) is 12.1 Å². The van der Waals surface area contributed by atoms with Crippen molar-refractivity contribution in [3.63, 3.8) is 0 Å². The van der Waals surface area contributed by atoms with E-state index in [9.17, 15) is 24.3 Å². The van der Waals surface area contributed by atoms with E-state index in [1.807, 2.05) is 6.07 Å². The highest BCUT2D eigenvalue weighted by atomic mass is 16.6. The molecule has 0 bridgehead atoms. The number of phenolic OH excluding ortho intramolecular Hbond substituents is 1. The lowest BCUT2D eigenvalue weighted by Crippen LogP contribution is -2.57. The third kappa shape index (κ3) is 4.00. The molecule has 3 rings (SSSR count). The van der Waals surface area contributed by atoms with E-state index < -0.39 is 29.6 Å². The number of imide groups is 3. The summed E-state index contributed by atoms with van der Waals surface area (Å²) >= 11 is 0. The third-order valence-corrected chi connectivity index (χ3v) is 4.84. The number of hydrogen-bond donors (Lipinski definition) is 1. The molecule has 150 valence electrons. The van der Waals surface area contributed by atoms with Crippen LogP contribution in [0, 0.1) is 0 Å². The molecule has 1 N–H and O–H groups in total. The standard InChI is InChI=1S/C20H24N2O6/c1-20(2,3)28-19(27)22-16(24)8-7-15(18(22)26)21-11-13(10-17(21)25)12-5-4-6-14(23)9-12/h4-6,9,13,15,23H,7-8,10-11H2,1-3H3. The first-order valence-electron chi connectivity index (χ1n) is 9.25. The number of benzene rings is 1. The van der Waals surface area contributed by atoms with Crippen LogP contribution in [0.4, 0.5) is 4.79 Å². The number of phenols is 1. The van der Waals surface area contributed by atoms with Gasteiger partial charge in [-0.2, -0.15) is 4.90 Å². The fraction of sp³-hybridized carbons (Fsp3) is 0.500. The Kier molecular flexibility index (Phi) is 5.14. The Morgan fingerprint density at radius 3 is 2.54 bits per heavy atom. The van der Waals surface area contributed by atoms with Crippen LogP contribution in [0.25, 0.3) is 0 Å². The second-order valence-electron chi connectivity index (χ2n) is 8.14. The predicted molar refractivity (Wildman–Crippen MR) is 98.3 cm³/mol. The average Bonchev–Trinajstić information content (AvgIpc) is 2.95. The Bertz CT molecular complexity index is 828. The molecular formula is C20H24N2O6. The van der Waals surface area contributed by atoms with Crippen molar-refractivity contribution in [1.29, 1.82) is 0 Å². The number of carbonyl (C=O) groups is 4. The summed E-state index contributed by atoms with van der Waals surface area (Å²) in [6, 6.07) is 5.79. The molecule has 2 aliphatic heterocycles. The van der Waals surface area contributed by atoms with Gasteiger partial charge in [0.25, 0.3) is 5.91 Å². The number of nitrogens with zero attached hydrogens (tertiary/aromatic N) is 2. The number of likely N-dealkylation sites (tertiary alicyclic amines) is 2.